The van der Waals surface area contributed by atoms with Crippen molar-refractivity contribution in [1.82, 2.24) is 16.0 Å². The summed E-state index contributed by atoms with van der Waals surface area (Å²) in [6.07, 6.45) is 0.539. The average Bonchev–Trinajstić information content (AvgIpc) is 2.54. The third-order valence-electron chi connectivity index (χ3n) is 3.00. The van der Waals surface area contributed by atoms with E-state index in [1.807, 2.05) is 13.0 Å². The van der Waals surface area contributed by atoms with Crippen LogP contribution in [0.4, 0.5) is 4.39 Å². The molecule has 0 aliphatic heterocycles. The van der Waals surface area contributed by atoms with Crippen molar-refractivity contribution >= 4 is 11.9 Å². The predicted octanol–water partition coefficient (Wildman–Crippen LogP) is 0.686. The Hall–Kier alpha value is -2.15. The van der Waals surface area contributed by atoms with Crippen LogP contribution in [0.3, 0.4) is 0 Å². The minimum atomic E-state index is -0.214. The van der Waals surface area contributed by atoms with Crippen molar-refractivity contribution in [3.8, 4) is 0 Å². The second-order valence-electron chi connectivity index (χ2n) is 4.81. The summed E-state index contributed by atoms with van der Waals surface area (Å²) in [5.41, 5.74) is 0.646. The lowest BCUT2D eigenvalue weighted by Crippen LogP contribution is -2.39. The molecule has 1 amide bonds. The largest absolute Gasteiger partial charge is 0.383 e. The molecule has 23 heavy (non-hydrogen) atoms. The molecule has 0 saturated heterocycles. The number of hydrogen-bond acceptors (Lipinski definition) is 3. The van der Waals surface area contributed by atoms with Crippen LogP contribution in [0.2, 0.25) is 0 Å². The Bertz CT molecular complexity index is 509. The molecule has 1 aromatic carbocycles. The van der Waals surface area contributed by atoms with Crippen LogP contribution in [0.1, 0.15) is 12.5 Å². The molecule has 0 aliphatic carbocycles. The van der Waals surface area contributed by atoms with Gasteiger partial charge in [0.25, 0.3) is 0 Å². The van der Waals surface area contributed by atoms with E-state index in [1.165, 1.54) is 6.07 Å². The van der Waals surface area contributed by atoms with Gasteiger partial charge in [-0.25, -0.2) is 9.38 Å². The Labute approximate surface area is 136 Å². The first-order chi connectivity index (χ1) is 11.2. The van der Waals surface area contributed by atoms with E-state index < -0.39 is 0 Å². The zero-order chi connectivity index (χ0) is 16.9. The Kier molecular flexibility index (Phi) is 9.38. The number of methoxy groups -OCH3 is 1. The molecule has 0 aliphatic rings. The molecule has 0 unspecified atom stereocenters. The van der Waals surface area contributed by atoms with Crippen LogP contribution in [0.25, 0.3) is 0 Å². The van der Waals surface area contributed by atoms with Gasteiger partial charge in [-0.1, -0.05) is 18.2 Å². The number of ether oxygens (including phenoxy) is 1. The van der Waals surface area contributed by atoms with Gasteiger partial charge in [0, 0.05) is 26.7 Å². The number of halogens is 1. The number of hydrogen-bond donors (Lipinski definition) is 3. The summed E-state index contributed by atoms with van der Waals surface area (Å²) >= 11 is 0. The third-order valence-corrected chi connectivity index (χ3v) is 3.00. The molecule has 128 valence electrons. The molecule has 7 heteroatoms. The normalized spacial score (nSPS) is 11.2. The summed E-state index contributed by atoms with van der Waals surface area (Å²) in [5, 5.41) is 8.83. The van der Waals surface area contributed by atoms with Crippen molar-refractivity contribution in [3.63, 3.8) is 0 Å². The summed E-state index contributed by atoms with van der Waals surface area (Å²) in [5.74, 6) is 0.146. The molecule has 6 nitrogen and oxygen atoms in total. The van der Waals surface area contributed by atoms with Gasteiger partial charge in [0.15, 0.2) is 5.96 Å². The highest BCUT2D eigenvalue weighted by Crippen LogP contribution is 2.05. The standard InChI is InChI=1S/C16H25FN4O2/c1-3-18-16(21-12-15(22)19-10-11-23-2)20-9-8-13-6-4-5-7-14(13)17/h4-7H,3,8-12H2,1-2H3,(H,19,22)(H2,18,20,21). The fraction of sp³-hybridized carbons (Fsp3) is 0.500. The summed E-state index contributed by atoms with van der Waals surface area (Å²) < 4.78 is 18.4. The van der Waals surface area contributed by atoms with Crippen molar-refractivity contribution in [3.05, 3.63) is 35.6 Å². The first kappa shape index (κ1) is 18.9. The minimum Gasteiger partial charge on any atom is -0.383 e. The molecule has 3 N–H and O–H groups in total. The van der Waals surface area contributed by atoms with Gasteiger partial charge in [0.2, 0.25) is 5.91 Å². The van der Waals surface area contributed by atoms with Crippen LogP contribution in [0, 0.1) is 5.82 Å². The molecule has 0 aromatic heterocycles. The van der Waals surface area contributed by atoms with Crippen LogP contribution >= 0.6 is 0 Å². The first-order valence-corrected chi connectivity index (χ1v) is 7.68. The van der Waals surface area contributed by atoms with Crippen LogP contribution in [-0.2, 0) is 16.0 Å². The summed E-state index contributed by atoms with van der Waals surface area (Å²) in [7, 11) is 1.58. The zero-order valence-corrected chi connectivity index (χ0v) is 13.7. The van der Waals surface area contributed by atoms with Crippen LogP contribution in [0.5, 0.6) is 0 Å². The van der Waals surface area contributed by atoms with Gasteiger partial charge in [-0.2, -0.15) is 0 Å². The molecule has 0 spiro atoms. The van der Waals surface area contributed by atoms with Crippen LogP contribution < -0.4 is 16.0 Å². The summed E-state index contributed by atoms with van der Waals surface area (Å²) in [4.78, 5) is 15.8. The van der Waals surface area contributed by atoms with Crippen LogP contribution in [-0.4, -0.2) is 51.8 Å². The SMILES string of the molecule is CCNC(=NCC(=O)NCCOC)NCCc1ccccc1F. The average molecular weight is 324 g/mol. The van der Waals surface area contributed by atoms with Crippen molar-refractivity contribution in [2.45, 2.75) is 13.3 Å². The maximum absolute atomic E-state index is 13.5. The van der Waals surface area contributed by atoms with Crippen molar-refractivity contribution in [2.75, 3.05) is 39.9 Å². The third kappa shape index (κ3) is 8.15. The maximum atomic E-state index is 13.5. The van der Waals surface area contributed by atoms with Gasteiger partial charge in [-0.15, -0.1) is 0 Å². The topological polar surface area (TPSA) is 74.8 Å². The number of guanidine groups is 1. The van der Waals surface area contributed by atoms with E-state index in [4.69, 9.17) is 4.74 Å². The Morgan fingerprint density at radius 3 is 2.70 bits per heavy atom. The van der Waals surface area contributed by atoms with E-state index in [2.05, 4.69) is 20.9 Å². The second-order valence-corrected chi connectivity index (χ2v) is 4.81. The van der Waals surface area contributed by atoms with Gasteiger partial charge in [0.05, 0.1) is 6.61 Å². The number of amides is 1. The monoisotopic (exact) mass is 324 g/mol. The van der Waals surface area contributed by atoms with Crippen molar-refractivity contribution in [1.29, 1.82) is 0 Å². The number of nitrogens with one attached hydrogen (secondary N) is 3. The molecule has 0 fully saturated rings. The van der Waals surface area contributed by atoms with E-state index in [-0.39, 0.29) is 18.3 Å². The molecule has 0 saturated carbocycles. The van der Waals surface area contributed by atoms with Gasteiger partial charge in [-0.05, 0) is 25.0 Å². The fourth-order valence-corrected chi connectivity index (χ4v) is 1.86. The molecule has 0 atom stereocenters. The minimum absolute atomic E-state index is 0.0265. The predicted molar refractivity (Wildman–Crippen MR) is 89.0 cm³/mol. The lowest BCUT2D eigenvalue weighted by molar-refractivity contribution is -0.119. The summed E-state index contributed by atoms with van der Waals surface area (Å²) in [6, 6.07) is 6.67. The fourth-order valence-electron chi connectivity index (χ4n) is 1.86. The van der Waals surface area contributed by atoms with E-state index in [0.29, 0.717) is 44.2 Å². The molecule has 0 bridgehead atoms. The number of carbonyl (C=O) groups excluding carboxylic acids is 1. The molecule has 1 aromatic rings. The van der Waals surface area contributed by atoms with E-state index in [0.717, 1.165) is 0 Å². The molecular formula is C16H25FN4O2. The maximum Gasteiger partial charge on any atom is 0.241 e. The highest BCUT2D eigenvalue weighted by atomic mass is 19.1. The summed E-state index contributed by atoms with van der Waals surface area (Å²) in [6.45, 7) is 4.10. The lowest BCUT2D eigenvalue weighted by Gasteiger charge is -2.11. The van der Waals surface area contributed by atoms with E-state index >= 15 is 0 Å². The smallest absolute Gasteiger partial charge is 0.241 e. The molecule has 0 heterocycles. The molecular weight excluding hydrogens is 299 g/mol. The highest BCUT2D eigenvalue weighted by molar-refractivity contribution is 5.84. The van der Waals surface area contributed by atoms with Gasteiger partial charge in [-0.3, -0.25) is 4.79 Å². The quantitative estimate of drug-likeness (QED) is 0.355. The number of carbonyl (C=O) groups is 1. The number of rotatable bonds is 9. The second kappa shape index (κ2) is 11.4. The van der Waals surface area contributed by atoms with Gasteiger partial charge < -0.3 is 20.7 Å². The Morgan fingerprint density at radius 1 is 1.22 bits per heavy atom. The zero-order valence-electron chi connectivity index (χ0n) is 13.7. The van der Waals surface area contributed by atoms with Crippen molar-refractivity contribution < 1.29 is 13.9 Å². The number of aliphatic imine (C=N–C) groups is 1. The highest BCUT2D eigenvalue weighted by Gasteiger charge is 2.03. The van der Waals surface area contributed by atoms with Gasteiger partial charge >= 0.3 is 0 Å². The van der Waals surface area contributed by atoms with E-state index in [9.17, 15) is 9.18 Å². The lowest BCUT2D eigenvalue weighted by atomic mass is 10.1. The number of nitrogens with zero attached hydrogens (tertiary/aromatic N) is 1. The molecule has 1 rings (SSSR count). The van der Waals surface area contributed by atoms with Crippen LogP contribution in [0.15, 0.2) is 29.3 Å². The Morgan fingerprint density at radius 2 is 2.00 bits per heavy atom. The number of benzene rings is 1. The van der Waals surface area contributed by atoms with Crippen molar-refractivity contribution in [2.24, 2.45) is 4.99 Å². The first-order valence-electron chi connectivity index (χ1n) is 7.68. The Balaban J connectivity index is 2.40. The molecule has 0 radical (unpaired) electrons. The van der Waals surface area contributed by atoms with E-state index in [1.54, 1.807) is 19.2 Å². The van der Waals surface area contributed by atoms with Gasteiger partial charge in [0.1, 0.15) is 12.4 Å².